The van der Waals surface area contributed by atoms with Crippen LogP contribution in [0.2, 0.25) is 5.02 Å². The van der Waals surface area contributed by atoms with E-state index in [9.17, 15) is 17.6 Å². The van der Waals surface area contributed by atoms with Gasteiger partial charge in [0.2, 0.25) is 0 Å². The summed E-state index contributed by atoms with van der Waals surface area (Å²) in [5.41, 5.74) is 1.64. The van der Waals surface area contributed by atoms with E-state index in [0.717, 1.165) is 43.0 Å². The number of carbonyl (C=O) groups is 1. The van der Waals surface area contributed by atoms with Gasteiger partial charge in [0, 0.05) is 16.1 Å². The highest BCUT2D eigenvalue weighted by molar-refractivity contribution is 6.30. The lowest BCUT2D eigenvalue weighted by Crippen LogP contribution is -2.28. The fraction of sp³-hybridized carbons (Fsp3) is 0.381. The molecule has 2 heterocycles. The molecular weight excluding hydrogens is 442 g/mol. The van der Waals surface area contributed by atoms with Crippen molar-refractivity contribution in [2.75, 3.05) is 19.7 Å². The minimum absolute atomic E-state index is 0.293. The van der Waals surface area contributed by atoms with Crippen LogP contribution in [-0.4, -0.2) is 36.9 Å². The smallest absolute Gasteiger partial charge is 0.485 e. The number of fused-ring (bicyclic) bond motifs is 1. The predicted molar refractivity (Wildman–Crippen MR) is 105 cm³/mol. The molecule has 0 radical (unpaired) electrons. The first-order valence-corrected chi connectivity index (χ1v) is 9.92. The number of halogens is 5. The summed E-state index contributed by atoms with van der Waals surface area (Å²) in [4.78, 5) is 8.90. The summed E-state index contributed by atoms with van der Waals surface area (Å²) in [6.45, 7) is 2.30. The van der Waals surface area contributed by atoms with Gasteiger partial charge in [-0.15, -0.1) is 0 Å². The second kappa shape index (κ2) is 9.74. The first kappa shape index (κ1) is 23.1. The van der Waals surface area contributed by atoms with E-state index in [-0.39, 0.29) is 5.82 Å². The molecule has 2 aliphatic rings. The third-order valence-corrected chi connectivity index (χ3v) is 5.23. The van der Waals surface area contributed by atoms with Crippen molar-refractivity contribution in [3.8, 4) is 11.5 Å². The Morgan fingerprint density at radius 3 is 2.42 bits per heavy atom. The van der Waals surface area contributed by atoms with Gasteiger partial charge in [-0.05, 0) is 50.0 Å². The van der Waals surface area contributed by atoms with Crippen molar-refractivity contribution >= 4 is 17.6 Å². The van der Waals surface area contributed by atoms with Crippen molar-refractivity contribution in [3.63, 3.8) is 0 Å². The van der Waals surface area contributed by atoms with Crippen LogP contribution in [0.4, 0.5) is 17.6 Å². The zero-order valence-corrected chi connectivity index (χ0v) is 17.0. The maximum absolute atomic E-state index is 14.2. The van der Waals surface area contributed by atoms with Crippen molar-refractivity contribution in [1.82, 2.24) is 5.32 Å². The van der Waals surface area contributed by atoms with Gasteiger partial charge in [-0.1, -0.05) is 29.8 Å². The standard InChI is InChI=1S/C19H19ClFNO2.C2HF3O2/c20-13-4-5-15(16(21)10-13)18-11-23-17-3-1-2-14(19(17)24-18)12-6-8-22-9-7-12;3-2(4,5)1(6)7/h1-5,10,12,18,22H,6-9,11H2;(H,6,7). The van der Waals surface area contributed by atoms with Crippen molar-refractivity contribution in [1.29, 1.82) is 0 Å². The van der Waals surface area contributed by atoms with Gasteiger partial charge in [0.05, 0.1) is 0 Å². The molecule has 0 aromatic heterocycles. The Kier molecular flexibility index (Phi) is 7.27. The van der Waals surface area contributed by atoms with Gasteiger partial charge in [0.1, 0.15) is 12.4 Å². The van der Waals surface area contributed by atoms with Gasteiger partial charge >= 0.3 is 12.1 Å². The molecule has 2 aliphatic heterocycles. The maximum Gasteiger partial charge on any atom is 0.490 e. The van der Waals surface area contributed by atoms with Gasteiger partial charge in [-0.3, -0.25) is 0 Å². The van der Waals surface area contributed by atoms with Crippen molar-refractivity contribution in [2.45, 2.75) is 31.0 Å². The highest BCUT2D eigenvalue weighted by atomic mass is 35.5. The summed E-state index contributed by atoms with van der Waals surface area (Å²) in [6, 6.07) is 10.7. The molecule has 2 N–H and O–H groups in total. The van der Waals surface area contributed by atoms with E-state index in [0.29, 0.717) is 23.1 Å². The Hall–Kier alpha value is -2.52. The summed E-state index contributed by atoms with van der Waals surface area (Å²) >= 11 is 5.85. The zero-order valence-electron chi connectivity index (χ0n) is 16.2. The van der Waals surface area contributed by atoms with E-state index in [2.05, 4.69) is 11.4 Å². The van der Waals surface area contributed by atoms with Crippen LogP contribution in [0, 0.1) is 5.82 Å². The van der Waals surface area contributed by atoms with Crippen LogP contribution in [0.15, 0.2) is 36.4 Å². The van der Waals surface area contributed by atoms with Crippen LogP contribution >= 0.6 is 11.6 Å². The SMILES string of the molecule is Fc1cc(Cl)ccc1C1COc2cccc(C3CCNCC3)c2O1.O=C(O)C(F)(F)F. The topological polar surface area (TPSA) is 67.8 Å². The minimum Gasteiger partial charge on any atom is -0.485 e. The molecule has 1 atom stereocenters. The second-order valence-electron chi connectivity index (χ2n) is 7.09. The summed E-state index contributed by atoms with van der Waals surface area (Å²) in [5.74, 6) is -1.17. The molecule has 10 heteroatoms. The van der Waals surface area contributed by atoms with E-state index in [1.165, 1.54) is 6.07 Å². The lowest BCUT2D eigenvalue weighted by Gasteiger charge is -2.31. The Morgan fingerprint density at radius 1 is 1.13 bits per heavy atom. The normalized spacial score (nSPS) is 18.7. The van der Waals surface area contributed by atoms with Crippen LogP contribution in [-0.2, 0) is 4.79 Å². The molecule has 5 nitrogen and oxygen atoms in total. The van der Waals surface area contributed by atoms with Crippen LogP contribution < -0.4 is 14.8 Å². The molecule has 168 valence electrons. The molecule has 1 fully saturated rings. The van der Waals surface area contributed by atoms with Gasteiger partial charge in [0.25, 0.3) is 0 Å². The van der Waals surface area contributed by atoms with Crippen molar-refractivity contribution in [3.05, 3.63) is 58.4 Å². The lowest BCUT2D eigenvalue weighted by molar-refractivity contribution is -0.192. The molecule has 1 unspecified atom stereocenters. The number of para-hydroxylation sites is 1. The summed E-state index contributed by atoms with van der Waals surface area (Å²) in [5, 5.41) is 10.9. The minimum atomic E-state index is -5.08. The number of benzene rings is 2. The number of alkyl halides is 3. The zero-order chi connectivity index (χ0) is 22.6. The third kappa shape index (κ3) is 5.80. The molecule has 31 heavy (non-hydrogen) atoms. The highest BCUT2D eigenvalue weighted by Gasteiger charge is 2.38. The number of hydrogen-bond acceptors (Lipinski definition) is 4. The van der Waals surface area contributed by atoms with Gasteiger partial charge in [-0.2, -0.15) is 13.2 Å². The molecule has 1 saturated heterocycles. The average molecular weight is 462 g/mol. The molecule has 0 aliphatic carbocycles. The van der Waals surface area contributed by atoms with Crippen molar-refractivity contribution in [2.24, 2.45) is 0 Å². The van der Waals surface area contributed by atoms with E-state index >= 15 is 0 Å². The monoisotopic (exact) mass is 461 g/mol. The maximum atomic E-state index is 14.2. The molecule has 4 rings (SSSR count). The Bertz CT molecular complexity index is 932. The van der Waals surface area contributed by atoms with E-state index in [1.54, 1.807) is 12.1 Å². The molecule has 2 aromatic carbocycles. The fourth-order valence-electron chi connectivity index (χ4n) is 3.48. The summed E-state index contributed by atoms with van der Waals surface area (Å²) in [7, 11) is 0. The summed E-state index contributed by atoms with van der Waals surface area (Å²) < 4.78 is 58.0. The van der Waals surface area contributed by atoms with E-state index in [1.807, 2.05) is 12.1 Å². The quantitative estimate of drug-likeness (QED) is 0.610. The largest absolute Gasteiger partial charge is 0.490 e. The number of carboxylic acid groups (broad SMARTS) is 1. The molecule has 0 saturated carbocycles. The second-order valence-corrected chi connectivity index (χ2v) is 7.52. The highest BCUT2D eigenvalue weighted by Crippen LogP contribution is 2.44. The Morgan fingerprint density at radius 2 is 1.81 bits per heavy atom. The number of carboxylic acids is 1. The first-order valence-electron chi connectivity index (χ1n) is 9.55. The Balaban J connectivity index is 0.000000339. The lowest BCUT2D eigenvalue weighted by atomic mass is 9.89. The van der Waals surface area contributed by atoms with Crippen molar-refractivity contribution < 1.29 is 36.9 Å². The van der Waals surface area contributed by atoms with Gasteiger partial charge in [-0.25, -0.2) is 9.18 Å². The number of aliphatic carboxylic acids is 1. The van der Waals surface area contributed by atoms with Crippen LogP contribution in [0.3, 0.4) is 0 Å². The van der Waals surface area contributed by atoms with Crippen LogP contribution in [0.5, 0.6) is 11.5 Å². The fourth-order valence-corrected chi connectivity index (χ4v) is 3.64. The van der Waals surface area contributed by atoms with E-state index < -0.39 is 18.2 Å². The predicted octanol–water partition coefficient (Wildman–Crippen LogP) is 5.09. The summed E-state index contributed by atoms with van der Waals surface area (Å²) in [6.07, 6.45) is -3.41. The number of piperidine rings is 1. The average Bonchev–Trinajstić information content (AvgIpc) is 2.73. The molecule has 0 amide bonds. The van der Waals surface area contributed by atoms with Gasteiger partial charge < -0.3 is 19.9 Å². The van der Waals surface area contributed by atoms with E-state index in [4.69, 9.17) is 31.0 Å². The van der Waals surface area contributed by atoms with Crippen LogP contribution in [0.1, 0.15) is 36.0 Å². The first-order chi connectivity index (χ1) is 14.7. The molecular formula is C21H20ClF4NO4. The van der Waals surface area contributed by atoms with Crippen LogP contribution in [0.25, 0.3) is 0 Å². The van der Waals surface area contributed by atoms with Gasteiger partial charge in [0.15, 0.2) is 17.6 Å². The number of nitrogens with one attached hydrogen (secondary N) is 1. The molecule has 0 bridgehead atoms. The Labute approximate surface area is 180 Å². The number of rotatable bonds is 2. The number of hydrogen-bond donors (Lipinski definition) is 2. The number of ether oxygens (including phenoxy) is 2. The third-order valence-electron chi connectivity index (χ3n) is 4.99. The molecule has 0 spiro atoms. The molecule has 2 aromatic rings.